The van der Waals surface area contributed by atoms with Gasteiger partial charge in [0.2, 0.25) is 0 Å². The van der Waals surface area contributed by atoms with Crippen LogP contribution < -0.4 is 11.1 Å². The van der Waals surface area contributed by atoms with E-state index in [1.54, 1.807) is 13.0 Å². The van der Waals surface area contributed by atoms with Crippen LogP contribution in [0.2, 0.25) is 0 Å². The average molecular weight is 248 g/mol. The Labute approximate surface area is 97.4 Å². The fraction of sp³-hybridized carbons (Fsp3) is 0.455. The summed E-state index contributed by atoms with van der Waals surface area (Å²) in [4.78, 5) is 0. The van der Waals surface area contributed by atoms with E-state index in [1.165, 1.54) is 6.07 Å². The topological polar surface area (TPSA) is 58.3 Å². The lowest BCUT2D eigenvalue weighted by atomic mass is 10.0. The molecular formula is C11H15F3N2O. The molecule has 0 aliphatic carbocycles. The van der Waals surface area contributed by atoms with Crippen LogP contribution in [0.5, 0.6) is 0 Å². The van der Waals surface area contributed by atoms with Gasteiger partial charge in [0.1, 0.15) is 0 Å². The van der Waals surface area contributed by atoms with Crippen molar-refractivity contribution in [2.24, 2.45) is 5.73 Å². The van der Waals surface area contributed by atoms with E-state index in [2.05, 4.69) is 5.32 Å². The fourth-order valence-electron chi connectivity index (χ4n) is 1.42. The first-order valence-electron chi connectivity index (χ1n) is 5.17. The van der Waals surface area contributed by atoms with Crippen LogP contribution in [0.3, 0.4) is 0 Å². The molecule has 0 radical (unpaired) electrons. The Balaban J connectivity index is 3.13. The number of hydrogen-bond acceptors (Lipinski definition) is 3. The highest BCUT2D eigenvalue weighted by Gasteiger charge is 2.33. The third-order valence-electron chi connectivity index (χ3n) is 2.30. The number of benzene rings is 1. The number of anilines is 1. The smallest absolute Gasteiger partial charge is 0.395 e. The third-order valence-corrected chi connectivity index (χ3v) is 2.30. The molecule has 0 bridgehead atoms. The van der Waals surface area contributed by atoms with Gasteiger partial charge in [-0.2, -0.15) is 13.2 Å². The quantitative estimate of drug-likeness (QED) is 0.765. The lowest BCUT2D eigenvalue weighted by Gasteiger charge is -2.16. The van der Waals surface area contributed by atoms with E-state index in [-0.39, 0.29) is 18.8 Å². The van der Waals surface area contributed by atoms with Gasteiger partial charge in [-0.3, -0.25) is 0 Å². The lowest BCUT2D eigenvalue weighted by molar-refractivity contribution is -0.137. The first-order chi connectivity index (χ1) is 7.86. The Morgan fingerprint density at radius 3 is 2.53 bits per heavy atom. The van der Waals surface area contributed by atoms with E-state index in [0.29, 0.717) is 5.56 Å². The number of nitrogens with one attached hydrogen (secondary N) is 1. The second kappa shape index (κ2) is 5.37. The van der Waals surface area contributed by atoms with Gasteiger partial charge >= 0.3 is 6.18 Å². The summed E-state index contributed by atoms with van der Waals surface area (Å²) in [6, 6.07) is 3.45. The minimum absolute atomic E-state index is 0.0454. The second-order valence-electron chi connectivity index (χ2n) is 3.74. The first-order valence-corrected chi connectivity index (χ1v) is 5.17. The molecular weight excluding hydrogens is 233 g/mol. The van der Waals surface area contributed by atoms with Gasteiger partial charge in [0, 0.05) is 18.3 Å². The lowest BCUT2D eigenvalue weighted by Crippen LogP contribution is -2.15. The molecule has 0 spiro atoms. The molecule has 0 amide bonds. The van der Waals surface area contributed by atoms with Crippen molar-refractivity contribution < 1.29 is 18.3 Å². The highest BCUT2D eigenvalue weighted by molar-refractivity contribution is 5.54. The standard InChI is InChI=1S/C11H15F3N2O/c1-7(15)8-2-3-10(16-4-5-17)9(6-8)11(12,13)14/h2-3,6-7,16-17H,4-5,15H2,1H3. The Kier molecular flexibility index (Phi) is 4.36. The largest absolute Gasteiger partial charge is 0.418 e. The number of aliphatic hydroxyl groups is 1. The molecule has 0 aliphatic heterocycles. The van der Waals surface area contributed by atoms with E-state index in [1.807, 2.05) is 0 Å². The van der Waals surface area contributed by atoms with E-state index in [9.17, 15) is 13.2 Å². The van der Waals surface area contributed by atoms with E-state index in [4.69, 9.17) is 10.8 Å². The second-order valence-corrected chi connectivity index (χ2v) is 3.74. The maximum absolute atomic E-state index is 12.8. The zero-order valence-corrected chi connectivity index (χ0v) is 9.38. The van der Waals surface area contributed by atoms with E-state index < -0.39 is 17.8 Å². The molecule has 0 heterocycles. The molecule has 1 rings (SSSR count). The number of nitrogens with two attached hydrogens (primary N) is 1. The summed E-state index contributed by atoms with van der Waals surface area (Å²) in [6.45, 7) is 1.46. The van der Waals surface area contributed by atoms with Crippen LogP contribution >= 0.6 is 0 Å². The van der Waals surface area contributed by atoms with Gasteiger partial charge in [0.15, 0.2) is 0 Å². The van der Waals surface area contributed by atoms with Crippen LogP contribution in [0.4, 0.5) is 18.9 Å². The molecule has 17 heavy (non-hydrogen) atoms. The van der Waals surface area contributed by atoms with Gasteiger partial charge in [-0.15, -0.1) is 0 Å². The molecule has 0 saturated heterocycles. The molecule has 4 N–H and O–H groups in total. The van der Waals surface area contributed by atoms with Crippen LogP contribution in [-0.4, -0.2) is 18.3 Å². The van der Waals surface area contributed by atoms with Crippen molar-refractivity contribution in [3.8, 4) is 0 Å². The van der Waals surface area contributed by atoms with Gasteiger partial charge in [-0.25, -0.2) is 0 Å². The molecule has 1 unspecified atom stereocenters. The summed E-state index contributed by atoms with van der Waals surface area (Å²) in [5, 5.41) is 11.1. The van der Waals surface area contributed by atoms with Gasteiger partial charge in [0.25, 0.3) is 0 Å². The van der Waals surface area contributed by atoms with Crippen molar-refractivity contribution in [1.29, 1.82) is 0 Å². The normalized spacial score (nSPS) is 13.5. The first kappa shape index (κ1) is 13.8. The van der Waals surface area contributed by atoms with Crippen molar-refractivity contribution in [1.82, 2.24) is 0 Å². The fourth-order valence-corrected chi connectivity index (χ4v) is 1.42. The van der Waals surface area contributed by atoms with Crippen molar-refractivity contribution >= 4 is 5.69 Å². The minimum atomic E-state index is -4.44. The summed E-state index contributed by atoms with van der Waals surface area (Å²) in [7, 11) is 0. The predicted octanol–water partition coefficient (Wildman–Crippen LogP) is 2.13. The van der Waals surface area contributed by atoms with Crippen molar-refractivity contribution in [3.05, 3.63) is 29.3 Å². The predicted molar refractivity (Wildman–Crippen MR) is 59.6 cm³/mol. The molecule has 3 nitrogen and oxygen atoms in total. The summed E-state index contributed by atoms with van der Waals surface area (Å²) in [5.74, 6) is 0. The zero-order valence-electron chi connectivity index (χ0n) is 9.38. The summed E-state index contributed by atoms with van der Waals surface area (Å²) >= 11 is 0. The SMILES string of the molecule is CC(N)c1ccc(NCCO)c(C(F)(F)F)c1. The number of hydrogen-bond donors (Lipinski definition) is 3. The van der Waals surface area contributed by atoms with Gasteiger partial charge in [-0.1, -0.05) is 6.07 Å². The zero-order chi connectivity index (χ0) is 13.1. The average Bonchev–Trinajstić information content (AvgIpc) is 2.24. The molecule has 0 fully saturated rings. The number of aliphatic hydroxyl groups excluding tert-OH is 1. The number of halogens is 3. The maximum atomic E-state index is 12.8. The molecule has 1 aromatic carbocycles. The molecule has 1 aromatic rings. The third kappa shape index (κ3) is 3.61. The summed E-state index contributed by atoms with van der Waals surface area (Å²) in [5.41, 5.74) is 5.16. The monoisotopic (exact) mass is 248 g/mol. The molecule has 0 aliphatic rings. The van der Waals surface area contributed by atoms with Crippen LogP contribution in [0.25, 0.3) is 0 Å². The van der Waals surface area contributed by atoms with E-state index in [0.717, 1.165) is 6.07 Å². The Morgan fingerprint density at radius 1 is 1.41 bits per heavy atom. The van der Waals surface area contributed by atoms with Crippen molar-refractivity contribution in [2.45, 2.75) is 19.1 Å². The van der Waals surface area contributed by atoms with Crippen LogP contribution in [0.1, 0.15) is 24.1 Å². The minimum Gasteiger partial charge on any atom is -0.395 e. The summed E-state index contributed by atoms with van der Waals surface area (Å²) in [6.07, 6.45) is -4.44. The van der Waals surface area contributed by atoms with Crippen molar-refractivity contribution in [3.63, 3.8) is 0 Å². The number of alkyl halides is 3. The molecule has 96 valence electrons. The maximum Gasteiger partial charge on any atom is 0.418 e. The highest BCUT2D eigenvalue weighted by Crippen LogP contribution is 2.36. The summed E-state index contributed by atoms with van der Waals surface area (Å²) < 4.78 is 38.3. The Bertz CT molecular complexity index is 377. The molecule has 1 atom stereocenters. The van der Waals surface area contributed by atoms with Gasteiger partial charge in [-0.05, 0) is 24.6 Å². The van der Waals surface area contributed by atoms with Gasteiger partial charge < -0.3 is 16.2 Å². The number of rotatable bonds is 4. The van der Waals surface area contributed by atoms with Crippen LogP contribution in [0.15, 0.2) is 18.2 Å². The highest BCUT2D eigenvalue weighted by atomic mass is 19.4. The Hall–Kier alpha value is -1.27. The van der Waals surface area contributed by atoms with Crippen molar-refractivity contribution in [2.75, 3.05) is 18.5 Å². The van der Waals surface area contributed by atoms with Crippen LogP contribution in [0, 0.1) is 0 Å². The molecule has 0 saturated carbocycles. The molecule has 0 aromatic heterocycles. The van der Waals surface area contributed by atoms with E-state index >= 15 is 0 Å². The molecule has 6 heteroatoms. The van der Waals surface area contributed by atoms with Crippen LogP contribution in [-0.2, 0) is 6.18 Å². The van der Waals surface area contributed by atoms with Gasteiger partial charge in [0.05, 0.1) is 12.2 Å². The Morgan fingerprint density at radius 2 is 2.06 bits per heavy atom.